The Balaban J connectivity index is 2.25. The summed E-state index contributed by atoms with van der Waals surface area (Å²) >= 11 is 3.33. The molecule has 2 rings (SSSR count). The van der Waals surface area contributed by atoms with Gasteiger partial charge in [0.25, 0.3) is 0 Å². The van der Waals surface area contributed by atoms with Crippen LogP contribution in [-0.4, -0.2) is 11.0 Å². The average molecular weight is 322 g/mol. The third-order valence-corrected chi connectivity index (χ3v) is 3.14. The fourth-order valence-electron chi connectivity index (χ4n) is 1.57. The molecule has 19 heavy (non-hydrogen) atoms. The second kappa shape index (κ2) is 5.86. The zero-order valence-electron chi connectivity index (χ0n) is 9.97. The third-order valence-electron chi connectivity index (χ3n) is 2.53. The van der Waals surface area contributed by atoms with Crippen molar-refractivity contribution < 1.29 is 14.6 Å². The van der Waals surface area contributed by atoms with Crippen LogP contribution in [0.25, 0.3) is 0 Å². The highest BCUT2D eigenvalue weighted by atomic mass is 79.9. The van der Waals surface area contributed by atoms with Crippen LogP contribution in [0.3, 0.4) is 0 Å². The van der Waals surface area contributed by atoms with Gasteiger partial charge in [-0.05, 0) is 51.8 Å². The minimum absolute atomic E-state index is 0.0427. The summed E-state index contributed by atoms with van der Waals surface area (Å²) in [6, 6.07) is 12.0. The number of benzene rings is 2. The van der Waals surface area contributed by atoms with Crippen molar-refractivity contribution in [1.29, 1.82) is 0 Å². The minimum atomic E-state index is -0.491. The van der Waals surface area contributed by atoms with Crippen molar-refractivity contribution in [3.05, 3.63) is 58.1 Å². The molecular weight excluding hydrogens is 310 g/mol. The van der Waals surface area contributed by atoms with E-state index in [4.69, 9.17) is 15.6 Å². The summed E-state index contributed by atoms with van der Waals surface area (Å²) in [6.45, 7) is -0.0427. The summed E-state index contributed by atoms with van der Waals surface area (Å²) in [7, 11) is 0. The Kier molecular flexibility index (Phi) is 4.19. The summed E-state index contributed by atoms with van der Waals surface area (Å²) in [4.78, 5) is 11.0. The number of amides is 1. The van der Waals surface area contributed by atoms with Crippen LogP contribution < -0.4 is 10.5 Å². The molecule has 0 heterocycles. The monoisotopic (exact) mass is 321 g/mol. The largest absolute Gasteiger partial charge is 0.456 e. The summed E-state index contributed by atoms with van der Waals surface area (Å²) in [5.41, 5.74) is 6.37. The molecule has 5 heteroatoms. The summed E-state index contributed by atoms with van der Waals surface area (Å²) in [5, 5.41) is 9.06. The molecule has 0 spiro atoms. The van der Waals surface area contributed by atoms with Gasteiger partial charge in [-0.2, -0.15) is 0 Å². The first-order chi connectivity index (χ1) is 9.10. The predicted molar refractivity (Wildman–Crippen MR) is 75.1 cm³/mol. The van der Waals surface area contributed by atoms with Gasteiger partial charge in [0.15, 0.2) is 0 Å². The molecule has 0 fully saturated rings. The molecule has 0 aliphatic rings. The molecule has 0 aliphatic carbocycles. The van der Waals surface area contributed by atoms with Crippen LogP contribution in [0, 0.1) is 0 Å². The van der Waals surface area contributed by atoms with E-state index >= 15 is 0 Å². The van der Waals surface area contributed by atoms with Gasteiger partial charge in [-0.15, -0.1) is 0 Å². The first-order valence-corrected chi connectivity index (χ1v) is 6.36. The lowest BCUT2D eigenvalue weighted by atomic mass is 10.2. The molecule has 0 saturated carbocycles. The second-order valence-corrected chi connectivity index (χ2v) is 4.77. The standard InChI is InChI=1S/C14H12BrNO3/c15-12-7-10(14(16)18)4-5-13(12)19-11-3-1-2-9(6-11)8-17/h1-7,17H,8H2,(H2,16,18). The summed E-state index contributed by atoms with van der Waals surface area (Å²) in [6.07, 6.45) is 0. The topological polar surface area (TPSA) is 72.6 Å². The van der Waals surface area contributed by atoms with Gasteiger partial charge in [0.2, 0.25) is 5.91 Å². The Labute approximate surface area is 118 Å². The quantitative estimate of drug-likeness (QED) is 0.909. The predicted octanol–water partition coefficient (Wildman–Crippen LogP) is 2.83. The minimum Gasteiger partial charge on any atom is -0.456 e. The lowest BCUT2D eigenvalue weighted by Crippen LogP contribution is -2.10. The average Bonchev–Trinajstić information content (AvgIpc) is 2.41. The number of hydrogen-bond donors (Lipinski definition) is 2. The van der Waals surface area contributed by atoms with E-state index in [1.165, 1.54) is 0 Å². The molecule has 0 atom stereocenters. The van der Waals surface area contributed by atoms with Gasteiger partial charge < -0.3 is 15.6 Å². The van der Waals surface area contributed by atoms with E-state index in [1.54, 1.807) is 42.5 Å². The molecule has 0 bridgehead atoms. The van der Waals surface area contributed by atoms with Crippen molar-refractivity contribution in [2.24, 2.45) is 5.73 Å². The van der Waals surface area contributed by atoms with Crippen LogP contribution in [0.4, 0.5) is 0 Å². The van der Waals surface area contributed by atoms with E-state index in [9.17, 15) is 4.79 Å². The maximum Gasteiger partial charge on any atom is 0.248 e. The molecule has 3 N–H and O–H groups in total. The molecule has 0 saturated heterocycles. The fourth-order valence-corrected chi connectivity index (χ4v) is 2.03. The highest BCUT2D eigenvalue weighted by molar-refractivity contribution is 9.10. The first-order valence-electron chi connectivity index (χ1n) is 5.57. The molecule has 0 aromatic heterocycles. The van der Waals surface area contributed by atoms with Gasteiger partial charge >= 0.3 is 0 Å². The Morgan fingerprint density at radius 2 is 2.05 bits per heavy atom. The number of hydrogen-bond acceptors (Lipinski definition) is 3. The summed E-state index contributed by atoms with van der Waals surface area (Å²) < 4.78 is 6.31. The number of aliphatic hydroxyl groups excluding tert-OH is 1. The normalized spacial score (nSPS) is 10.2. The van der Waals surface area contributed by atoms with Gasteiger partial charge in [-0.1, -0.05) is 12.1 Å². The number of carbonyl (C=O) groups excluding carboxylic acids is 1. The van der Waals surface area contributed by atoms with Crippen molar-refractivity contribution in [1.82, 2.24) is 0 Å². The maximum atomic E-state index is 11.0. The van der Waals surface area contributed by atoms with Gasteiger partial charge in [-0.3, -0.25) is 4.79 Å². The Morgan fingerprint density at radius 1 is 1.26 bits per heavy atom. The highest BCUT2D eigenvalue weighted by Gasteiger charge is 2.07. The van der Waals surface area contributed by atoms with Crippen LogP contribution in [0.2, 0.25) is 0 Å². The van der Waals surface area contributed by atoms with Gasteiger partial charge in [0.1, 0.15) is 11.5 Å². The van der Waals surface area contributed by atoms with E-state index in [2.05, 4.69) is 15.9 Å². The molecule has 0 radical (unpaired) electrons. The molecule has 0 aliphatic heterocycles. The fraction of sp³-hybridized carbons (Fsp3) is 0.0714. The van der Waals surface area contributed by atoms with Crippen LogP contribution in [0.5, 0.6) is 11.5 Å². The molecule has 98 valence electrons. The van der Waals surface area contributed by atoms with E-state index in [-0.39, 0.29) is 6.61 Å². The molecule has 4 nitrogen and oxygen atoms in total. The van der Waals surface area contributed by atoms with Crippen molar-refractivity contribution >= 4 is 21.8 Å². The molecular formula is C14H12BrNO3. The second-order valence-electron chi connectivity index (χ2n) is 3.92. The van der Waals surface area contributed by atoms with Crippen molar-refractivity contribution in [3.8, 4) is 11.5 Å². The lowest BCUT2D eigenvalue weighted by molar-refractivity contribution is 0.1000. The van der Waals surface area contributed by atoms with E-state index < -0.39 is 5.91 Å². The van der Waals surface area contributed by atoms with Crippen LogP contribution in [-0.2, 0) is 6.61 Å². The van der Waals surface area contributed by atoms with Crippen molar-refractivity contribution in [2.75, 3.05) is 0 Å². The van der Waals surface area contributed by atoms with Crippen molar-refractivity contribution in [2.45, 2.75) is 6.61 Å². The highest BCUT2D eigenvalue weighted by Crippen LogP contribution is 2.30. The number of primary amides is 1. The molecule has 2 aromatic rings. The Hall–Kier alpha value is -1.85. The number of nitrogens with two attached hydrogens (primary N) is 1. The number of aliphatic hydroxyl groups is 1. The van der Waals surface area contributed by atoms with Crippen LogP contribution in [0.1, 0.15) is 15.9 Å². The zero-order valence-corrected chi connectivity index (χ0v) is 11.6. The van der Waals surface area contributed by atoms with E-state index in [1.807, 2.05) is 0 Å². The first kappa shape index (κ1) is 13.6. The Bertz CT molecular complexity index is 613. The van der Waals surface area contributed by atoms with Crippen LogP contribution >= 0.6 is 15.9 Å². The van der Waals surface area contributed by atoms with Crippen molar-refractivity contribution in [3.63, 3.8) is 0 Å². The third kappa shape index (κ3) is 3.33. The van der Waals surface area contributed by atoms with E-state index in [0.717, 1.165) is 5.56 Å². The van der Waals surface area contributed by atoms with E-state index in [0.29, 0.717) is 21.5 Å². The van der Waals surface area contributed by atoms with Crippen LogP contribution in [0.15, 0.2) is 46.9 Å². The van der Waals surface area contributed by atoms with Gasteiger partial charge in [0.05, 0.1) is 11.1 Å². The van der Waals surface area contributed by atoms with Gasteiger partial charge in [-0.25, -0.2) is 0 Å². The zero-order chi connectivity index (χ0) is 13.8. The smallest absolute Gasteiger partial charge is 0.248 e. The lowest BCUT2D eigenvalue weighted by Gasteiger charge is -2.09. The molecule has 0 unspecified atom stereocenters. The molecule has 1 amide bonds. The number of rotatable bonds is 4. The SMILES string of the molecule is NC(=O)c1ccc(Oc2cccc(CO)c2)c(Br)c1. The number of ether oxygens (including phenoxy) is 1. The molecule has 2 aromatic carbocycles. The maximum absolute atomic E-state index is 11.0. The number of halogens is 1. The Morgan fingerprint density at radius 3 is 2.68 bits per heavy atom. The van der Waals surface area contributed by atoms with Gasteiger partial charge in [0, 0.05) is 5.56 Å². The summed E-state index contributed by atoms with van der Waals surface area (Å²) in [5.74, 6) is 0.689. The number of carbonyl (C=O) groups is 1.